The Balaban J connectivity index is 0.961. The van der Waals surface area contributed by atoms with Crippen LogP contribution in [0.3, 0.4) is 0 Å². The summed E-state index contributed by atoms with van der Waals surface area (Å²) in [5.74, 6) is 0.276. The smallest absolute Gasteiger partial charge is 0.387 e. The lowest BCUT2D eigenvalue weighted by atomic mass is 9.99. The Labute approximate surface area is 390 Å². The van der Waals surface area contributed by atoms with Crippen LogP contribution < -0.4 is 31.2 Å². The van der Waals surface area contributed by atoms with Crippen LogP contribution in [0.2, 0.25) is 5.02 Å². The fraction of sp³-hybridized carbons (Fsp3) is 0.340. The molecule has 1 aliphatic rings. The van der Waals surface area contributed by atoms with Crippen LogP contribution in [0.1, 0.15) is 87.3 Å². The van der Waals surface area contributed by atoms with Gasteiger partial charge in [0, 0.05) is 51.8 Å². The quantitative estimate of drug-likeness (QED) is 0.0348. The zero-order valence-electron chi connectivity index (χ0n) is 37.0. The molecule has 19 heteroatoms. The van der Waals surface area contributed by atoms with E-state index in [1.807, 2.05) is 35.8 Å². The topological polar surface area (TPSA) is 208 Å². The molecule has 5 aromatic rings. The second kappa shape index (κ2) is 23.1. The molecule has 3 aromatic carbocycles. The highest BCUT2D eigenvalue weighted by molar-refractivity contribution is 7.15. The van der Waals surface area contributed by atoms with Gasteiger partial charge in [-0.3, -0.25) is 23.9 Å². The molecule has 2 aromatic heterocycles. The number of aliphatic imine (C=N–C) groups is 1. The summed E-state index contributed by atoms with van der Waals surface area (Å²) in [6.07, 6.45) is 2.85. The minimum Gasteiger partial charge on any atom is -0.496 e. The molecule has 1 aliphatic heterocycles. The van der Waals surface area contributed by atoms with E-state index in [9.17, 15) is 23.2 Å². The highest BCUT2D eigenvalue weighted by atomic mass is 35.5. The average Bonchev–Trinajstić information content (AvgIpc) is 3.78. The van der Waals surface area contributed by atoms with E-state index in [1.54, 1.807) is 35.6 Å². The number of alkyl halides is 2. The highest BCUT2D eigenvalue weighted by Gasteiger charge is 2.32. The first-order valence-electron chi connectivity index (χ1n) is 21.3. The molecule has 0 bridgehead atoms. The summed E-state index contributed by atoms with van der Waals surface area (Å²) in [4.78, 5) is 45.6. The first kappa shape index (κ1) is 48.9. The summed E-state index contributed by atoms with van der Waals surface area (Å²) in [5.41, 5.74) is 10.7. The van der Waals surface area contributed by atoms with E-state index in [0.717, 1.165) is 32.3 Å². The van der Waals surface area contributed by atoms with Gasteiger partial charge < -0.3 is 41.3 Å². The molecule has 3 heterocycles. The molecule has 6 N–H and O–H groups in total. The summed E-state index contributed by atoms with van der Waals surface area (Å²) in [7, 11) is 1.49. The number of nitrogens with two attached hydrogens (primary N) is 1. The first-order chi connectivity index (χ1) is 31.7. The Hall–Kier alpha value is -6.50. The van der Waals surface area contributed by atoms with Crippen LogP contribution in [0.4, 0.5) is 8.78 Å². The maximum Gasteiger partial charge on any atom is 0.387 e. The number of ether oxygens (including phenoxy) is 3. The number of aromatic nitrogens is 3. The third kappa shape index (κ3) is 12.4. The summed E-state index contributed by atoms with van der Waals surface area (Å²) in [6, 6.07) is 18.6. The van der Waals surface area contributed by atoms with Crippen molar-refractivity contribution in [1.82, 2.24) is 30.7 Å². The zero-order chi connectivity index (χ0) is 47.3. The van der Waals surface area contributed by atoms with Gasteiger partial charge in [0.1, 0.15) is 28.4 Å². The standard InChI is InChI=1S/C47H52ClF2N9O6S/c1-27-28(2)66-46-42(27)43(30-16-18-31(48)19-17-30)55-37(44-58-57-29(3)59(44)46)26-41(61)54-22-24-64-23-20-40(60)53-21-10-9-13-36(35(52)25-34(51)32-11-5-7-14-38(32)63-4)56-45(62)33-12-6-8-15-39(33)65-47(49)50/h5-8,11-12,14-19,25,36-37,47,51H,9-10,13,20-24,26,52H2,1-4H3,(H,53,60)(H,54,61)(H,56,62)/b35-25-,51-34?/t36-,37+/m1/s1. The van der Waals surface area contributed by atoms with Crippen molar-refractivity contribution in [3.8, 4) is 16.5 Å². The number of hydrogen-bond acceptors (Lipinski definition) is 12. The Morgan fingerprint density at radius 2 is 1.62 bits per heavy atom. The molecule has 0 unspecified atom stereocenters. The summed E-state index contributed by atoms with van der Waals surface area (Å²) in [5, 5.41) is 27.6. The van der Waals surface area contributed by atoms with Crippen LogP contribution >= 0.6 is 22.9 Å². The van der Waals surface area contributed by atoms with Crippen molar-refractivity contribution in [3.63, 3.8) is 0 Å². The lowest BCUT2D eigenvalue weighted by Crippen LogP contribution is -2.39. The van der Waals surface area contributed by atoms with Crippen molar-refractivity contribution in [2.75, 3.05) is 33.4 Å². The number of carbonyl (C=O) groups is 3. The van der Waals surface area contributed by atoms with Crippen LogP contribution in [-0.4, -0.2) is 90.0 Å². The number of thiophene rings is 1. The van der Waals surface area contributed by atoms with Gasteiger partial charge in [-0.1, -0.05) is 48.0 Å². The largest absolute Gasteiger partial charge is 0.496 e. The van der Waals surface area contributed by atoms with Crippen LogP contribution in [-0.2, 0) is 14.3 Å². The van der Waals surface area contributed by atoms with Gasteiger partial charge in [0.15, 0.2) is 5.82 Å². The summed E-state index contributed by atoms with van der Waals surface area (Å²) in [6.45, 7) is 3.74. The first-order valence-corrected chi connectivity index (χ1v) is 22.5. The van der Waals surface area contributed by atoms with Gasteiger partial charge >= 0.3 is 6.61 Å². The molecular weight excluding hydrogens is 892 g/mol. The predicted octanol–water partition coefficient (Wildman–Crippen LogP) is 7.32. The maximum absolute atomic E-state index is 13.3. The molecule has 0 radical (unpaired) electrons. The van der Waals surface area contributed by atoms with E-state index in [-0.39, 0.29) is 67.1 Å². The molecule has 0 saturated carbocycles. The molecule has 0 spiro atoms. The van der Waals surface area contributed by atoms with E-state index in [0.29, 0.717) is 53.8 Å². The molecule has 0 aliphatic carbocycles. The molecule has 15 nitrogen and oxygen atoms in total. The number of rotatable bonds is 22. The number of amides is 3. The molecule has 348 valence electrons. The van der Waals surface area contributed by atoms with Crippen molar-refractivity contribution >= 4 is 52.1 Å². The van der Waals surface area contributed by atoms with Crippen molar-refractivity contribution < 1.29 is 37.4 Å². The number of aryl methyl sites for hydroxylation is 2. The molecule has 0 saturated heterocycles. The summed E-state index contributed by atoms with van der Waals surface area (Å²) < 4.78 is 43.8. The Morgan fingerprint density at radius 3 is 2.35 bits per heavy atom. The monoisotopic (exact) mass is 943 g/mol. The number of hydrogen-bond donors (Lipinski definition) is 5. The van der Waals surface area contributed by atoms with Gasteiger partial charge in [0.25, 0.3) is 5.91 Å². The fourth-order valence-electron chi connectivity index (χ4n) is 7.32. The van der Waals surface area contributed by atoms with Gasteiger partial charge in [0.2, 0.25) is 11.8 Å². The summed E-state index contributed by atoms with van der Waals surface area (Å²) >= 11 is 7.86. The van der Waals surface area contributed by atoms with Gasteiger partial charge in [-0.2, -0.15) is 8.78 Å². The minimum atomic E-state index is -3.13. The number of fused-ring (bicyclic) bond motifs is 3. The number of benzene rings is 3. The molecule has 2 atom stereocenters. The minimum absolute atomic E-state index is 0.0252. The van der Waals surface area contributed by atoms with Gasteiger partial charge in [-0.15, -0.1) is 21.5 Å². The third-order valence-electron chi connectivity index (χ3n) is 10.8. The second-order valence-corrected chi connectivity index (χ2v) is 17.0. The van der Waals surface area contributed by atoms with Crippen LogP contribution in [0, 0.1) is 26.2 Å². The van der Waals surface area contributed by atoms with Crippen molar-refractivity contribution in [2.24, 2.45) is 10.7 Å². The van der Waals surface area contributed by atoms with Crippen LogP contribution in [0.25, 0.3) is 5.00 Å². The fourth-order valence-corrected chi connectivity index (χ4v) is 8.66. The van der Waals surface area contributed by atoms with E-state index < -0.39 is 24.6 Å². The second-order valence-electron chi connectivity index (χ2n) is 15.3. The third-order valence-corrected chi connectivity index (χ3v) is 12.2. The number of nitrogens with one attached hydrogen (secondary N) is 4. The normalized spacial score (nSPS) is 13.8. The maximum atomic E-state index is 13.3. The Morgan fingerprint density at radius 1 is 0.924 bits per heavy atom. The van der Waals surface area contributed by atoms with E-state index in [1.165, 1.54) is 37.5 Å². The molecule has 66 heavy (non-hydrogen) atoms. The Bertz CT molecular complexity index is 2600. The van der Waals surface area contributed by atoms with Gasteiger partial charge in [0.05, 0.1) is 49.8 Å². The number of allylic oxidation sites excluding steroid dienone is 1. The van der Waals surface area contributed by atoms with Crippen LogP contribution in [0.5, 0.6) is 11.5 Å². The number of methoxy groups -OCH3 is 1. The zero-order valence-corrected chi connectivity index (χ0v) is 38.5. The number of carbonyl (C=O) groups excluding carboxylic acids is 3. The predicted molar refractivity (Wildman–Crippen MR) is 250 cm³/mol. The lowest BCUT2D eigenvalue weighted by molar-refractivity contribution is -0.123. The number of nitrogens with zero attached hydrogens (tertiary/aromatic N) is 4. The van der Waals surface area contributed by atoms with Crippen molar-refractivity contribution in [2.45, 2.75) is 71.6 Å². The highest BCUT2D eigenvalue weighted by Crippen LogP contribution is 2.39. The lowest BCUT2D eigenvalue weighted by Gasteiger charge is -2.21. The molecule has 3 amide bonds. The van der Waals surface area contributed by atoms with Crippen molar-refractivity contribution in [1.29, 1.82) is 5.41 Å². The average molecular weight is 945 g/mol. The van der Waals surface area contributed by atoms with Gasteiger partial charge in [-0.05, 0) is 88.1 Å². The van der Waals surface area contributed by atoms with E-state index in [2.05, 4.69) is 44.7 Å². The van der Waals surface area contributed by atoms with Crippen molar-refractivity contribution in [3.05, 3.63) is 134 Å². The SMILES string of the molecule is COc1ccccc1C(=N)/C=C(\N)[C@@H](CCCCNC(=O)CCOCCNC(=O)C[C@@H]1N=C(c2ccc(Cl)cc2)c2c(sc(C)c2C)-n2c(C)nnc21)NC(=O)c1ccccc1OC(F)F. The van der Waals surface area contributed by atoms with E-state index in [4.69, 9.17) is 37.2 Å². The number of unbranched alkanes of at least 4 members (excludes halogenated alkanes) is 1. The number of para-hydroxylation sites is 2. The van der Waals surface area contributed by atoms with Crippen LogP contribution in [0.15, 0.2) is 89.6 Å². The Kier molecular flexibility index (Phi) is 17.1. The van der Waals surface area contributed by atoms with Gasteiger partial charge in [-0.25, -0.2) is 0 Å². The molecular formula is C47H52ClF2N9O6S. The van der Waals surface area contributed by atoms with E-state index >= 15 is 0 Å². The molecule has 6 rings (SSSR count). The number of halogens is 3. The molecule has 0 fully saturated rings.